The van der Waals surface area contributed by atoms with Gasteiger partial charge < -0.3 is 14.8 Å². The second-order valence-corrected chi connectivity index (χ2v) is 7.11. The zero-order valence-corrected chi connectivity index (χ0v) is 14.4. The number of fused-ring (bicyclic) bond motifs is 1. The van der Waals surface area contributed by atoms with Crippen molar-refractivity contribution in [1.29, 1.82) is 0 Å². The van der Waals surface area contributed by atoms with Gasteiger partial charge in [-0.05, 0) is 53.8 Å². The van der Waals surface area contributed by atoms with E-state index in [1.807, 2.05) is 12.3 Å². The number of nitrogens with zero attached hydrogens (tertiary/aromatic N) is 1. The highest BCUT2D eigenvalue weighted by Crippen LogP contribution is 2.33. The Balaban J connectivity index is 1.66. The van der Waals surface area contributed by atoms with Crippen LogP contribution in [0, 0.1) is 6.92 Å². The number of thiophene rings is 1. The molecule has 0 spiro atoms. The minimum atomic E-state index is 0.0949. The Morgan fingerprint density at radius 3 is 3.08 bits per heavy atom. The third-order valence-corrected chi connectivity index (χ3v) is 5.04. The lowest BCUT2D eigenvalue weighted by Gasteiger charge is -2.24. The van der Waals surface area contributed by atoms with E-state index in [0.29, 0.717) is 6.61 Å². The number of aromatic nitrogens is 1. The maximum absolute atomic E-state index is 6.13. The van der Waals surface area contributed by atoms with Crippen LogP contribution < -0.4 is 10.1 Å². The van der Waals surface area contributed by atoms with Crippen LogP contribution in [0.2, 0.25) is 0 Å². The molecular formula is C19H20N2O2S. The molecule has 0 saturated carbocycles. The highest BCUT2D eigenvalue weighted by molar-refractivity contribution is 7.10. The third kappa shape index (κ3) is 3.29. The largest absolute Gasteiger partial charge is 0.490 e. The van der Waals surface area contributed by atoms with Crippen LogP contribution in [0.1, 0.15) is 4.88 Å². The van der Waals surface area contributed by atoms with E-state index in [1.165, 1.54) is 10.4 Å². The Morgan fingerprint density at radius 1 is 1.33 bits per heavy atom. The van der Waals surface area contributed by atoms with Crippen LogP contribution in [0.15, 0.2) is 41.9 Å². The van der Waals surface area contributed by atoms with Gasteiger partial charge >= 0.3 is 0 Å². The predicted octanol–water partition coefficient (Wildman–Crippen LogP) is 3.64. The lowest BCUT2D eigenvalue weighted by Crippen LogP contribution is -2.41. The van der Waals surface area contributed by atoms with Crippen molar-refractivity contribution in [2.45, 2.75) is 13.0 Å². The molecule has 0 aliphatic carbocycles. The van der Waals surface area contributed by atoms with Gasteiger partial charge in [-0.1, -0.05) is 0 Å². The van der Waals surface area contributed by atoms with Crippen molar-refractivity contribution in [3.63, 3.8) is 0 Å². The van der Waals surface area contributed by atoms with Gasteiger partial charge in [0.2, 0.25) is 0 Å². The molecular weight excluding hydrogens is 320 g/mol. The van der Waals surface area contributed by atoms with E-state index in [-0.39, 0.29) is 6.10 Å². The van der Waals surface area contributed by atoms with E-state index < -0.39 is 0 Å². The van der Waals surface area contributed by atoms with Gasteiger partial charge in [0.05, 0.1) is 12.1 Å². The molecule has 4 rings (SSSR count). The molecule has 2 aromatic heterocycles. The molecule has 1 saturated heterocycles. The fraction of sp³-hybridized carbons (Fsp3) is 0.316. The molecule has 1 aromatic carbocycles. The number of ether oxygens (including phenoxy) is 2. The normalized spacial score (nSPS) is 18.0. The first-order chi connectivity index (χ1) is 11.8. The summed E-state index contributed by atoms with van der Waals surface area (Å²) in [6.07, 6.45) is 1.92. The fourth-order valence-electron chi connectivity index (χ4n) is 2.94. The molecule has 0 unspecified atom stereocenters. The van der Waals surface area contributed by atoms with E-state index in [2.05, 4.69) is 46.9 Å². The molecule has 1 atom stereocenters. The molecule has 4 nitrogen and oxygen atoms in total. The van der Waals surface area contributed by atoms with Gasteiger partial charge in [0.25, 0.3) is 0 Å². The van der Waals surface area contributed by atoms with Gasteiger partial charge in [0.1, 0.15) is 18.5 Å². The summed E-state index contributed by atoms with van der Waals surface area (Å²) in [5.41, 5.74) is 3.31. The van der Waals surface area contributed by atoms with E-state index in [9.17, 15) is 0 Å². The third-order valence-electron chi connectivity index (χ3n) is 4.18. The van der Waals surface area contributed by atoms with Crippen molar-refractivity contribution in [2.75, 3.05) is 26.3 Å². The number of aryl methyl sites for hydroxylation is 1. The zero-order valence-electron chi connectivity index (χ0n) is 13.6. The van der Waals surface area contributed by atoms with E-state index in [0.717, 1.165) is 41.9 Å². The molecule has 3 aromatic rings. The smallest absolute Gasteiger partial charge is 0.129 e. The van der Waals surface area contributed by atoms with Gasteiger partial charge in [-0.2, -0.15) is 0 Å². The summed E-state index contributed by atoms with van der Waals surface area (Å²) in [5, 5.41) is 6.55. The Morgan fingerprint density at radius 2 is 2.29 bits per heavy atom. The van der Waals surface area contributed by atoms with Crippen LogP contribution in [0.5, 0.6) is 5.75 Å². The van der Waals surface area contributed by atoms with Gasteiger partial charge in [0.15, 0.2) is 0 Å². The molecule has 1 N–H and O–H groups in total. The summed E-state index contributed by atoms with van der Waals surface area (Å²) in [6, 6.07) is 10.4. The minimum absolute atomic E-state index is 0.0949. The number of hydrogen-bond acceptors (Lipinski definition) is 5. The van der Waals surface area contributed by atoms with Gasteiger partial charge in [-0.15, -0.1) is 11.3 Å². The molecule has 1 aliphatic heterocycles. The Bertz CT molecular complexity index is 840. The van der Waals surface area contributed by atoms with Gasteiger partial charge in [0, 0.05) is 29.5 Å². The van der Waals surface area contributed by atoms with Crippen LogP contribution in [0.25, 0.3) is 22.0 Å². The average molecular weight is 340 g/mol. The number of benzene rings is 1. The lowest BCUT2D eigenvalue weighted by molar-refractivity contribution is 0.000518. The monoisotopic (exact) mass is 340 g/mol. The zero-order chi connectivity index (χ0) is 16.4. The second kappa shape index (κ2) is 6.89. The summed E-state index contributed by atoms with van der Waals surface area (Å²) in [4.78, 5) is 5.81. The van der Waals surface area contributed by atoms with Crippen LogP contribution >= 0.6 is 11.3 Å². The Labute approximate surface area is 145 Å². The topological polar surface area (TPSA) is 43.4 Å². The maximum Gasteiger partial charge on any atom is 0.129 e. The first kappa shape index (κ1) is 15.6. The van der Waals surface area contributed by atoms with E-state index in [1.54, 1.807) is 11.3 Å². The SMILES string of the molecule is Cc1cc(-c2cc(OC[C@@H]3CNCCO3)c3cccnc3c2)cs1. The molecule has 3 heterocycles. The molecule has 1 aliphatic rings. The van der Waals surface area contributed by atoms with E-state index in [4.69, 9.17) is 9.47 Å². The fourth-order valence-corrected chi connectivity index (χ4v) is 3.65. The van der Waals surface area contributed by atoms with Crippen LogP contribution in [0.3, 0.4) is 0 Å². The highest BCUT2D eigenvalue weighted by Gasteiger charge is 2.15. The molecule has 0 radical (unpaired) electrons. The summed E-state index contributed by atoms with van der Waals surface area (Å²) in [6.45, 7) is 5.15. The number of hydrogen-bond donors (Lipinski definition) is 1. The van der Waals surface area contributed by atoms with Crippen molar-refractivity contribution in [2.24, 2.45) is 0 Å². The van der Waals surface area contributed by atoms with E-state index >= 15 is 0 Å². The molecule has 0 bridgehead atoms. The Kier molecular flexibility index (Phi) is 4.47. The highest BCUT2D eigenvalue weighted by atomic mass is 32.1. The van der Waals surface area contributed by atoms with Gasteiger partial charge in [-0.25, -0.2) is 0 Å². The summed E-state index contributed by atoms with van der Waals surface area (Å²) >= 11 is 1.76. The maximum atomic E-state index is 6.13. The number of rotatable bonds is 4. The van der Waals surface area contributed by atoms with Crippen LogP contribution in [0.4, 0.5) is 0 Å². The summed E-state index contributed by atoms with van der Waals surface area (Å²) in [5.74, 6) is 0.869. The van der Waals surface area contributed by atoms with Crippen molar-refractivity contribution in [3.05, 3.63) is 46.8 Å². The van der Waals surface area contributed by atoms with Crippen LogP contribution in [-0.2, 0) is 4.74 Å². The van der Waals surface area contributed by atoms with Crippen molar-refractivity contribution in [3.8, 4) is 16.9 Å². The summed E-state index contributed by atoms with van der Waals surface area (Å²) in [7, 11) is 0. The lowest BCUT2D eigenvalue weighted by atomic mass is 10.1. The predicted molar refractivity (Wildman–Crippen MR) is 97.9 cm³/mol. The molecule has 1 fully saturated rings. The number of nitrogens with one attached hydrogen (secondary N) is 1. The van der Waals surface area contributed by atoms with Crippen LogP contribution in [-0.4, -0.2) is 37.4 Å². The van der Waals surface area contributed by atoms with Crippen molar-refractivity contribution >= 4 is 22.2 Å². The number of morpholine rings is 1. The Hall–Kier alpha value is -1.95. The first-order valence-electron chi connectivity index (χ1n) is 8.19. The average Bonchev–Trinajstić information content (AvgIpc) is 3.07. The van der Waals surface area contributed by atoms with Gasteiger partial charge in [-0.3, -0.25) is 4.98 Å². The standard InChI is InChI=1S/C19H20N2O2S/c1-13-7-15(12-24-13)14-8-18-17(3-2-4-21-18)19(9-14)23-11-16-10-20-5-6-22-16/h2-4,7-9,12,16,20H,5-6,10-11H2,1H3/t16-/m0/s1. The van der Waals surface area contributed by atoms with Crippen molar-refractivity contribution < 1.29 is 9.47 Å². The van der Waals surface area contributed by atoms with Crippen molar-refractivity contribution in [1.82, 2.24) is 10.3 Å². The molecule has 5 heteroatoms. The second-order valence-electron chi connectivity index (χ2n) is 6.00. The molecule has 24 heavy (non-hydrogen) atoms. The number of pyridine rings is 1. The first-order valence-corrected chi connectivity index (χ1v) is 9.07. The molecule has 124 valence electrons. The summed E-state index contributed by atoms with van der Waals surface area (Å²) < 4.78 is 11.9. The minimum Gasteiger partial charge on any atom is -0.490 e. The molecule has 0 amide bonds. The quantitative estimate of drug-likeness (QED) is 0.787.